The maximum atomic E-state index is 9.73. The van der Waals surface area contributed by atoms with Gasteiger partial charge >= 0.3 is 0 Å². The number of nitrogens with zero attached hydrogens (tertiary/aromatic N) is 1. The number of nitrogens with one attached hydrogen (secondary N) is 1. The van der Waals surface area contributed by atoms with E-state index in [0.717, 1.165) is 31.6 Å². The molecule has 1 aromatic rings. The van der Waals surface area contributed by atoms with Crippen LogP contribution < -0.4 is 15.8 Å². The Bertz CT molecular complexity index is 445. The number of aliphatic hydroxyl groups is 1. The highest BCUT2D eigenvalue weighted by Gasteiger charge is 2.31. The van der Waals surface area contributed by atoms with Gasteiger partial charge in [0.05, 0.1) is 18.9 Å². The van der Waals surface area contributed by atoms with E-state index in [1.54, 1.807) is 0 Å². The van der Waals surface area contributed by atoms with Crippen molar-refractivity contribution in [2.75, 3.05) is 30.8 Å². The molecule has 1 aromatic heterocycles. The van der Waals surface area contributed by atoms with Crippen LogP contribution >= 0.6 is 0 Å². The fourth-order valence-corrected chi connectivity index (χ4v) is 2.83. The first kappa shape index (κ1) is 15.9. The molecule has 5 heteroatoms. The number of nitrogen functional groups attached to an aromatic ring is 1. The lowest BCUT2D eigenvalue weighted by atomic mass is 9.74. The van der Waals surface area contributed by atoms with Crippen LogP contribution in [0.1, 0.15) is 45.4 Å². The van der Waals surface area contributed by atoms with Crippen LogP contribution in [0.3, 0.4) is 0 Å². The summed E-state index contributed by atoms with van der Waals surface area (Å²) in [6, 6.07) is 3.68. The lowest BCUT2D eigenvalue weighted by Crippen LogP contribution is -2.35. The number of hydrogen-bond donors (Lipinski definition) is 3. The first-order valence-electron chi connectivity index (χ1n) is 7.93. The van der Waals surface area contributed by atoms with Crippen molar-refractivity contribution >= 4 is 11.5 Å². The second kappa shape index (κ2) is 7.50. The molecule has 21 heavy (non-hydrogen) atoms. The van der Waals surface area contributed by atoms with Gasteiger partial charge < -0.3 is 20.9 Å². The van der Waals surface area contributed by atoms with Crippen molar-refractivity contribution in [1.82, 2.24) is 4.98 Å². The van der Waals surface area contributed by atoms with E-state index in [9.17, 15) is 5.11 Å². The van der Waals surface area contributed by atoms with Crippen LogP contribution in [-0.2, 0) is 0 Å². The van der Waals surface area contributed by atoms with Gasteiger partial charge in [0.1, 0.15) is 5.82 Å². The van der Waals surface area contributed by atoms with Gasteiger partial charge in [0, 0.05) is 12.0 Å². The zero-order valence-electron chi connectivity index (χ0n) is 12.9. The molecule has 5 nitrogen and oxygen atoms in total. The number of anilines is 2. The Hall–Kier alpha value is -1.49. The molecule has 1 aliphatic rings. The Morgan fingerprint density at radius 2 is 2.10 bits per heavy atom. The Balaban J connectivity index is 1.98. The minimum Gasteiger partial charge on any atom is -0.476 e. The van der Waals surface area contributed by atoms with Gasteiger partial charge in [-0.15, -0.1) is 0 Å². The number of aromatic nitrogens is 1. The van der Waals surface area contributed by atoms with E-state index in [-0.39, 0.29) is 12.0 Å². The van der Waals surface area contributed by atoms with Gasteiger partial charge in [0.2, 0.25) is 5.88 Å². The van der Waals surface area contributed by atoms with Crippen molar-refractivity contribution in [3.8, 4) is 5.88 Å². The van der Waals surface area contributed by atoms with Gasteiger partial charge in [-0.2, -0.15) is 4.98 Å². The van der Waals surface area contributed by atoms with Crippen LogP contribution in [0.5, 0.6) is 5.88 Å². The average molecular weight is 293 g/mol. The molecule has 0 amide bonds. The van der Waals surface area contributed by atoms with Crippen LogP contribution in [0.15, 0.2) is 12.1 Å². The summed E-state index contributed by atoms with van der Waals surface area (Å²) in [5.74, 6) is 1.25. The summed E-state index contributed by atoms with van der Waals surface area (Å²) in [7, 11) is 0. The van der Waals surface area contributed by atoms with Gasteiger partial charge in [-0.1, -0.05) is 26.2 Å². The quantitative estimate of drug-likeness (QED) is 0.720. The van der Waals surface area contributed by atoms with Gasteiger partial charge in [-0.3, -0.25) is 0 Å². The predicted octanol–water partition coefficient (Wildman–Crippen LogP) is 2.81. The first-order valence-corrected chi connectivity index (χ1v) is 7.93. The van der Waals surface area contributed by atoms with Gasteiger partial charge in [-0.05, 0) is 31.4 Å². The zero-order valence-corrected chi connectivity index (χ0v) is 12.9. The standard InChI is InChI=1S/C16H27N3O2/c1-2-10-21-15-13(17)6-7-14(19-15)18-11-16(12-20)8-4-3-5-9-16/h6-7,20H,2-5,8-12,17H2,1H3,(H,18,19). The van der Waals surface area contributed by atoms with Crippen molar-refractivity contribution in [2.24, 2.45) is 5.41 Å². The fourth-order valence-electron chi connectivity index (χ4n) is 2.83. The molecule has 0 unspecified atom stereocenters. The number of nitrogens with two attached hydrogens (primary N) is 1. The molecule has 1 aliphatic carbocycles. The van der Waals surface area contributed by atoms with Crippen LogP contribution in [0.25, 0.3) is 0 Å². The topological polar surface area (TPSA) is 80.4 Å². The molecule has 0 aliphatic heterocycles. The molecular formula is C16H27N3O2. The highest BCUT2D eigenvalue weighted by atomic mass is 16.5. The third-order valence-electron chi connectivity index (χ3n) is 4.23. The first-order chi connectivity index (χ1) is 10.2. The number of pyridine rings is 1. The summed E-state index contributed by atoms with van der Waals surface area (Å²) < 4.78 is 5.54. The molecule has 4 N–H and O–H groups in total. The Labute approximate surface area is 126 Å². The van der Waals surface area contributed by atoms with E-state index < -0.39 is 0 Å². The molecule has 0 bridgehead atoms. The van der Waals surface area contributed by atoms with Crippen molar-refractivity contribution in [2.45, 2.75) is 45.4 Å². The maximum Gasteiger partial charge on any atom is 0.239 e. The summed E-state index contributed by atoms with van der Waals surface area (Å²) in [5, 5.41) is 13.1. The minimum atomic E-state index is -0.00818. The summed E-state index contributed by atoms with van der Waals surface area (Å²) in [5.41, 5.74) is 6.42. The number of hydrogen-bond acceptors (Lipinski definition) is 5. The van der Waals surface area contributed by atoms with E-state index >= 15 is 0 Å². The molecule has 118 valence electrons. The number of ether oxygens (including phenoxy) is 1. The van der Waals surface area contributed by atoms with Crippen LogP contribution in [0, 0.1) is 5.41 Å². The van der Waals surface area contributed by atoms with E-state index in [4.69, 9.17) is 10.5 Å². The molecule has 1 heterocycles. The molecule has 0 aromatic carbocycles. The van der Waals surface area contributed by atoms with Crippen LogP contribution in [0.4, 0.5) is 11.5 Å². The normalized spacial score (nSPS) is 17.4. The molecule has 0 radical (unpaired) electrons. The summed E-state index contributed by atoms with van der Waals surface area (Å²) in [4.78, 5) is 4.42. The van der Waals surface area contributed by atoms with Crippen molar-refractivity contribution in [1.29, 1.82) is 0 Å². The van der Waals surface area contributed by atoms with Gasteiger partial charge in [0.25, 0.3) is 0 Å². The molecule has 1 saturated carbocycles. The van der Waals surface area contributed by atoms with Crippen LogP contribution in [0.2, 0.25) is 0 Å². The summed E-state index contributed by atoms with van der Waals surface area (Å²) >= 11 is 0. The third kappa shape index (κ3) is 4.24. The second-order valence-electron chi connectivity index (χ2n) is 6.01. The zero-order chi connectivity index (χ0) is 15.1. The maximum absolute atomic E-state index is 9.73. The van der Waals surface area contributed by atoms with E-state index in [1.165, 1.54) is 19.3 Å². The Morgan fingerprint density at radius 3 is 2.76 bits per heavy atom. The molecule has 0 spiro atoms. The van der Waals surface area contributed by atoms with E-state index in [0.29, 0.717) is 18.2 Å². The van der Waals surface area contributed by atoms with Crippen molar-refractivity contribution in [3.63, 3.8) is 0 Å². The van der Waals surface area contributed by atoms with Crippen molar-refractivity contribution < 1.29 is 9.84 Å². The van der Waals surface area contributed by atoms with Gasteiger partial charge in [0.15, 0.2) is 0 Å². The fraction of sp³-hybridized carbons (Fsp3) is 0.688. The lowest BCUT2D eigenvalue weighted by Gasteiger charge is -2.35. The Kier molecular flexibility index (Phi) is 5.67. The number of rotatable bonds is 7. The van der Waals surface area contributed by atoms with Crippen molar-refractivity contribution in [3.05, 3.63) is 12.1 Å². The molecule has 1 fully saturated rings. The third-order valence-corrected chi connectivity index (χ3v) is 4.23. The summed E-state index contributed by atoms with van der Waals surface area (Å²) in [6.07, 6.45) is 6.74. The molecular weight excluding hydrogens is 266 g/mol. The highest BCUT2D eigenvalue weighted by Crippen LogP contribution is 2.36. The summed E-state index contributed by atoms with van der Waals surface area (Å²) in [6.45, 7) is 3.63. The van der Waals surface area contributed by atoms with Crippen LogP contribution in [-0.4, -0.2) is 29.8 Å². The SMILES string of the molecule is CCCOc1nc(NCC2(CO)CCCCC2)ccc1N. The highest BCUT2D eigenvalue weighted by molar-refractivity contribution is 5.53. The number of aliphatic hydroxyl groups excluding tert-OH is 1. The smallest absolute Gasteiger partial charge is 0.239 e. The monoisotopic (exact) mass is 293 g/mol. The minimum absolute atomic E-state index is 0.00818. The molecule has 2 rings (SSSR count). The lowest BCUT2D eigenvalue weighted by molar-refractivity contribution is 0.0943. The predicted molar refractivity (Wildman–Crippen MR) is 85.5 cm³/mol. The average Bonchev–Trinajstić information content (AvgIpc) is 2.54. The van der Waals surface area contributed by atoms with E-state index in [1.807, 2.05) is 19.1 Å². The van der Waals surface area contributed by atoms with Gasteiger partial charge in [-0.25, -0.2) is 0 Å². The van der Waals surface area contributed by atoms with E-state index in [2.05, 4.69) is 10.3 Å². The Morgan fingerprint density at radius 1 is 1.33 bits per heavy atom. The largest absolute Gasteiger partial charge is 0.476 e. The second-order valence-corrected chi connectivity index (χ2v) is 6.01. The molecule has 0 saturated heterocycles. The molecule has 0 atom stereocenters.